The Hall–Kier alpha value is -1.65. The SMILES string of the molecule is O=C(Nc1ccc(F)cc1F)c1cccc(Cl)c1Cl. The first-order chi connectivity index (χ1) is 8.99. The molecule has 0 aliphatic carbocycles. The van der Waals surface area contributed by atoms with Crippen molar-refractivity contribution < 1.29 is 13.6 Å². The van der Waals surface area contributed by atoms with Gasteiger partial charge in [0, 0.05) is 6.07 Å². The number of hydrogen-bond donors (Lipinski definition) is 1. The van der Waals surface area contributed by atoms with E-state index >= 15 is 0 Å². The molecular formula is C13H7Cl2F2NO. The van der Waals surface area contributed by atoms with Crippen LogP contribution in [0.3, 0.4) is 0 Å². The van der Waals surface area contributed by atoms with Crippen molar-refractivity contribution in [3.63, 3.8) is 0 Å². The maximum atomic E-state index is 13.4. The zero-order chi connectivity index (χ0) is 14.0. The molecule has 0 unspecified atom stereocenters. The van der Waals surface area contributed by atoms with E-state index in [0.717, 1.165) is 12.1 Å². The monoisotopic (exact) mass is 301 g/mol. The Morgan fingerprint density at radius 2 is 1.84 bits per heavy atom. The minimum Gasteiger partial charge on any atom is -0.319 e. The molecule has 2 aromatic carbocycles. The van der Waals surface area contributed by atoms with Crippen molar-refractivity contribution in [1.29, 1.82) is 0 Å². The highest BCUT2D eigenvalue weighted by molar-refractivity contribution is 6.44. The third-order valence-corrected chi connectivity index (χ3v) is 3.19. The van der Waals surface area contributed by atoms with E-state index in [4.69, 9.17) is 23.2 Å². The average molecular weight is 302 g/mol. The highest BCUT2D eigenvalue weighted by atomic mass is 35.5. The molecule has 0 saturated carbocycles. The summed E-state index contributed by atoms with van der Waals surface area (Å²) in [6.07, 6.45) is 0. The van der Waals surface area contributed by atoms with Crippen LogP contribution in [-0.4, -0.2) is 5.91 Å². The van der Waals surface area contributed by atoms with Crippen LogP contribution >= 0.6 is 23.2 Å². The fraction of sp³-hybridized carbons (Fsp3) is 0. The van der Waals surface area contributed by atoms with Crippen LogP contribution in [0.25, 0.3) is 0 Å². The predicted octanol–water partition coefficient (Wildman–Crippen LogP) is 4.52. The van der Waals surface area contributed by atoms with E-state index in [-0.39, 0.29) is 21.3 Å². The summed E-state index contributed by atoms with van der Waals surface area (Å²) in [6, 6.07) is 7.36. The zero-order valence-corrected chi connectivity index (χ0v) is 10.9. The molecule has 1 amide bonds. The normalized spacial score (nSPS) is 10.3. The van der Waals surface area contributed by atoms with Crippen molar-refractivity contribution in [2.24, 2.45) is 0 Å². The standard InChI is InChI=1S/C13H7Cl2F2NO/c14-9-3-1-2-8(12(9)15)13(19)18-11-5-4-7(16)6-10(11)17/h1-6H,(H,18,19). The molecule has 1 N–H and O–H groups in total. The van der Waals surface area contributed by atoms with E-state index in [0.29, 0.717) is 6.07 Å². The number of amides is 1. The molecule has 0 aliphatic heterocycles. The van der Waals surface area contributed by atoms with Gasteiger partial charge < -0.3 is 5.32 Å². The molecule has 0 atom stereocenters. The van der Waals surface area contributed by atoms with E-state index in [1.165, 1.54) is 12.1 Å². The van der Waals surface area contributed by atoms with Crippen molar-refractivity contribution >= 4 is 34.8 Å². The molecule has 2 aromatic rings. The molecule has 0 aromatic heterocycles. The Labute approximate surface area is 118 Å². The summed E-state index contributed by atoms with van der Waals surface area (Å²) in [6.45, 7) is 0. The molecule has 0 spiro atoms. The Morgan fingerprint density at radius 3 is 2.53 bits per heavy atom. The van der Waals surface area contributed by atoms with E-state index in [1.807, 2.05) is 0 Å². The molecule has 98 valence electrons. The number of benzene rings is 2. The van der Waals surface area contributed by atoms with Gasteiger partial charge in [-0.05, 0) is 24.3 Å². The maximum absolute atomic E-state index is 13.4. The van der Waals surface area contributed by atoms with E-state index in [9.17, 15) is 13.6 Å². The van der Waals surface area contributed by atoms with Gasteiger partial charge in [-0.1, -0.05) is 29.3 Å². The van der Waals surface area contributed by atoms with E-state index in [1.54, 1.807) is 6.07 Å². The lowest BCUT2D eigenvalue weighted by Crippen LogP contribution is -2.13. The second-order valence-corrected chi connectivity index (χ2v) is 4.46. The molecule has 19 heavy (non-hydrogen) atoms. The van der Waals surface area contributed by atoms with Crippen molar-refractivity contribution in [3.05, 3.63) is 63.6 Å². The van der Waals surface area contributed by atoms with E-state index in [2.05, 4.69) is 5.32 Å². The van der Waals surface area contributed by atoms with Crippen LogP contribution in [0.15, 0.2) is 36.4 Å². The molecule has 6 heteroatoms. The summed E-state index contributed by atoms with van der Waals surface area (Å²) in [7, 11) is 0. The van der Waals surface area contributed by atoms with Gasteiger partial charge in [-0.2, -0.15) is 0 Å². The molecule has 2 nitrogen and oxygen atoms in total. The van der Waals surface area contributed by atoms with Gasteiger partial charge in [0.05, 0.1) is 21.3 Å². The summed E-state index contributed by atoms with van der Waals surface area (Å²) in [5.41, 5.74) is -0.0275. The smallest absolute Gasteiger partial charge is 0.257 e. The molecule has 0 aliphatic rings. The third-order valence-electron chi connectivity index (χ3n) is 2.38. The van der Waals surface area contributed by atoms with Gasteiger partial charge in [0.25, 0.3) is 5.91 Å². The van der Waals surface area contributed by atoms with Crippen LogP contribution in [0.1, 0.15) is 10.4 Å². The van der Waals surface area contributed by atoms with Gasteiger partial charge in [0.1, 0.15) is 11.6 Å². The van der Waals surface area contributed by atoms with Crippen molar-refractivity contribution in [3.8, 4) is 0 Å². The Kier molecular flexibility index (Phi) is 4.02. The summed E-state index contributed by atoms with van der Waals surface area (Å²) >= 11 is 11.7. The van der Waals surface area contributed by atoms with Gasteiger partial charge in [-0.3, -0.25) is 4.79 Å². The first kappa shape index (κ1) is 13.8. The molecule has 0 radical (unpaired) electrons. The molecule has 2 rings (SSSR count). The van der Waals surface area contributed by atoms with Crippen LogP contribution < -0.4 is 5.32 Å². The van der Waals surface area contributed by atoms with Gasteiger partial charge >= 0.3 is 0 Å². The first-order valence-electron chi connectivity index (χ1n) is 5.19. The van der Waals surface area contributed by atoms with Gasteiger partial charge in [-0.25, -0.2) is 8.78 Å². The summed E-state index contributed by atoms with van der Waals surface area (Å²) in [5, 5.41) is 2.59. The summed E-state index contributed by atoms with van der Waals surface area (Å²) in [4.78, 5) is 11.9. The number of carbonyl (C=O) groups excluding carboxylic acids is 1. The number of anilines is 1. The molecule has 0 heterocycles. The number of carbonyl (C=O) groups is 1. The first-order valence-corrected chi connectivity index (χ1v) is 5.95. The zero-order valence-electron chi connectivity index (χ0n) is 9.38. The lowest BCUT2D eigenvalue weighted by molar-refractivity contribution is 0.102. The lowest BCUT2D eigenvalue weighted by atomic mass is 10.2. The summed E-state index contributed by atoms with van der Waals surface area (Å²) in [5.74, 6) is -2.22. The Balaban J connectivity index is 2.28. The number of nitrogens with one attached hydrogen (secondary N) is 1. The highest BCUT2D eigenvalue weighted by Crippen LogP contribution is 2.26. The fourth-order valence-electron chi connectivity index (χ4n) is 1.46. The van der Waals surface area contributed by atoms with Crippen LogP contribution in [0.5, 0.6) is 0 Å². The molecule has 0 fully saturated rings. The van der Waals surface area contributed by atoms with Gasteiger partial charge in [0.15, 0.2) is 0 Å². The Bertz CT molecular complexity index is 647. The molecule has 0 bridgehead atoms. The van der Waals surface area contributed by atoms with Crippen LogP contribution in [0, 0.1) is 11.6 Å². The minimum absolute atomic E-state index is 0.0733. The number of hydrogen-bond acceptors (Lipinski definition) is 1. The molecule has 0 saturated heterocycles. The predicted molar refractivity (Wildman–Crippen MR) is 70.8 cm³/mol. The average Bonchev–Trinajstić information content (AvgIpc) is 2.36. The minimum atomic E-state index is -0.869. The van der Waals surface area contributed by atoms with Crippen LogP contribution in [-0.2, 0) is 0 Å². The van der Waals surface area contributed by atoms with Crippen molar-refractivity contribution in [2.75, 3.05) is 5.32 Å². The van der Waals surface area contributed by atoms with Crippen LogP contribution in [0.2, 0.25) is 10.0 Å². The second kappa shape index (κ2) is 5.55. The topological polar surface area (TPSA) is 29.1 Å². The Morgan fingerprint density at radius 1 is 1.11 bits per heavy atom. The maximum Gasteiger partial charge on any atom is 0.257 e. The number of rotatable bonds is 2. The van der Waals surface area contributed by atoms with Crippen molar-refractivity contribution in [2.45, 2.75) is 0 Å². The van der Waals surface area contributed by atoms with Crippen LogP contribution in [0.4, 0.5) is 14.5 Å². The lowest BCUT2D eigenvalue weighted by Gasteiger charge is -2.08. The summed E-state index contributed by atoms with van der Waals surface area (Å²) < 4.78 is 26.1. The van der Waals surface area contributed by atoms with Crippen molar-refractivity contribution in [1.82, 2.24) is 0 Å². The van der Waals surface area contributed by atoms with Gasteiger partial charge in [0.2, 0.25) is 0 Å². The second-order valence-electron chi connectivity index (χ2n) is 3.68. The third kappa shape index (κ3) is 3.03. The van der Waals surface area contributed by atoms with E-state index < -0.39 is 17.5 Å². The van der Waals surface area contributed by atoms with Gasteiger partial charge in [-0.15, -0.1) is 0 Å². The fourth-order valence-corrected chi connectivity index (χ4v) is 1.85. The molecular weight excluding hydrogens is 295 g/mol. The number of halogens is 4. The largest absolute Gasteiger partial charge is 0.319 e. The quantitative estimate of drug-likeness (QED) is 0.868. The highest BCUT2D eigenvalue weighted by Gasteiger charge is 2.14.